The summed E-state index contributed by atoms with van der Waals surface area (Å²) >= 11 is 0. The Morgan fingerprint density at radius 1 is 1.13 bits per heavy atom. The van der Waals surface area contributed by atoms with E-state index in [1.54, 1.807) is 18.2 Å². The lowest BCUT2D eigenvalue weighted by Gasteiger charge is -2.32. The second kappa shape index (κ2) is 8.04. The minimum Gasteiger partial charge on any atom is -0.378 e. The average molecular weight is 428 g/mol. The number of benzene rings is 2. The summed E-state index contributed by atoms with van der Waals surface area (Å²) in [5.74, 6) is 0.310. The molecule has 1 aliphatic heterocycles. The third kappa shape index (κ3) is 3.96. The van der Waals surface area contributed by atoms with Crippen LogP contribution in [0.25, 0.3) is 0 Å². The van der Waals surface area contributed by atoms with E-state index in [2.05, 4.69) is 4.72 Å². The Kier molecular flexibility index (Phi) is 5.59. The fourth-order valence-electron chi connectivity index (χ4n) is 4.14. The molecule has 0 spiro atoms. The van der Waals surface area contributed by atoms with Gasteiger partial charge in [-0.2, -0.15) is 0 Å². The maximum atomic E-state index is 12.8. The quantitative estimate of drug-likeness (QED) is 0.768. The Morgan fingerprint density at radius 3 is 2.43 bits per heavy atom. The highest BCUT2D eigenvalue weighted by Gasteiger charge is 2.37. The van der Waals surface area contributed by atoms with E-state index in [9.17, 15) is 13.2 Å². The van der Waals surface area contributed by atoms with Crippen molar-refractivity contribution in [3.8, 4) is 0 Å². The first kappa shape index (κ1) is 20.9. The van der Waals surface area contributed by atoms with Gasteiger partial charge < -0.3 is 9.80 Å². The number of nitrogens with one attached hydrogen (secondary N) is 1. The molecule has 2 aromatic rings. The monoisotopic (exact) mass is 427 g/mol. The van der Waals surface area contributed by atoms with Crippen molar-refractivity contribution >= 4 is 27.3 Å². The van der Waals surface area contributed by atoms with Crippen LogP contribution in [0.2, 0.25) is 0 Å². The number of carbonyl (C=O) groups is 1. The predicted molar refractivity (Wildman–Crippen MR) is 119 cm³/mol. The Bertz CT molecular complexity index is 1040. The number of rotatable bonds is 6. The summed E-state index contributed by atoms with van der Waals surface area (Å²) in [5, 5.41) is 0. The Morgan fingerprint density at radius 2 is 1.83 bits per heavy atom. The molecular formula is C23H29N3O3S. The largest absolute Gasteiger partial charge is 0.378 e. The van der Waals surface area contributed by atoms with E-state index in [1.165, 1.54) is 0 Å². The minimum absolute atomic E-state index is 0.0641. The van der Waals surface area contributed by atoms with Gasteiger partial charge in [0.15, 0.2) is 0 Å². The van der Waals surface area contributed by atoms with Crippen LogP contribution < -0.4 is 14.5 Å². The fraction of sp³-hybridized carbons (Fsp3) is 0.435. The average Bonchev–Trinajstić information content (AvgIpc) is 3.00. The fourth-order valence-corrected chi connectivity index (χ4v) is 5.20. The summed E-state index contributed by atoms with van der Waals surface area (Å²) in [5.41, 5.74) is 3.75. The minimum atomic E-state index is -3.64. The smallest absolute Gasteiger partial charge is 0.240 e. The lowest BCUT2D eigenvalue weighted by atomic mass is 9.84. The number of anilines is 2. The number of hydrogen-bond donors (Lipinski definition) is 1. The molecule has 1 heterocycles. The summed E-state index contributed by atoms with van der Waals surface area (Å²) in [6.07, 6.45) is 3.72. The normalized spacial score (nSPS) is 18.8. The zero-order chi connectivity index (χ0) is 21.5. The highest BCUT2D eigenvalue weighted by Crippen LogP contribution is 2.38. The molecule has 2 aliphatic rings. The van der Waals surface area contributed by atoms with Gasteiger partial charge in [0.25, 0.3) is 0 Å². The first-order valence-corrected chi connectivity index (χ1v) is 12.0. The number of hydrogen-bond acceptors (Lipinski definition) is 4. The third-order valence-corrected chi connectivity index (χ3v) is 7.59. The summed E-state index contributed by atoms with van der Waals surface area (Å²) < 4.78 is 28.4. The van der Waals surface area contributed by atoms with Crippen molar-refractivity contribution in [3.05, 3.63) is 53.6 Å². The highest BCUT2D eigenvalue weighted by atomic mass is 32.2. The topological polar surface area (TPSA) is 69.7 Å². The van der Waals surface area contributed by atoms with Crippen molar-refractivity contribution in [2.24, 2.45) is 5.92 Å². The molecule has 1 fully saturated rings. The molecule has 0 bridgehead atoms. The molecule has 1 amide bonds. The second-order valence-electron chi connectivity index (χ2n) is 8.57. The first-order valence-electron chi connectivity index (χ1n) is 10.5. The maximum absolute atomic E-state index is 12.8. The van der Waals surface area contributed by atoms with Crippen LogP contribution in [0.4, 0.5) is 11.4 Å². The molecule has 30 heavy (non-hydrogen) atoms. The van der Waals surface area contributed by atoms with Gasteiger partial charge in [-0.3, -0.25) is 4.79 Å². The van der Waals surface area contributed by atoms with Crippen LogP contribution in [0.5, 0.6) is 0 Å². The van der Waals surface area contributed by atoms with E-state index >= 15 is 0 Å². The van der Waals surface area contributed by atoms with E-state index < -0.39 is 10.0 Å². The van der Waals surface area contributed by atoms with E-state index in [1.807, 2.05) is 55.1 Å². The van der Waals surface area contributed by atoms with Gasteiger partial charge in [0, 0.05) is 44.0 Å². The Hall–Kier alpha value is -2.38. The lowest BCUT2D eigenvalue weighted by molar-refractivity contribution is -0.125. The summed E-state index contributed by atoms with van der Waals surface area (Å²) in [7, 11) is 0.296. The zero-order valence-corrected chi connectivity index (χ0v) is 18.6. The molecule has 2 aromatic carbocycles. The summed E-state index contributed by atoms with van der Waals surface area (Å²) in [4.78, 5) is 16.9. The molecule has 160 valence electrons. The third-order valence-electron chi connectivity index (χ3n) is 6.19. The molecular weight excluding hydrogens is 398 g/mol. The number of carbonyl (C=O) groups excluding carboxylic acids is 1. The molecule has 0 unspecified atom stereocenters. The van der Waals surface area contributed by atoms with Gasteiger partial charge >= 0.3 is 0 Å². The molecule has 7 heteroatoms. The van der Waals surface area contributed by atoms with Gasteiger partial charge in [0.1, 0.15) is 0 Å². The Labute approximate surface area is 178 Å². The molecule has 0 aromatic heterocycles. The standard InChI is InChI=1S/C23H29N3O3S/c1-16-13-19-14-21(11-12-22(19)26(16)23(27)18-5-4-6-18)30(28,29)24-15-17-7-9-20(10-8-17)25(2)3/h7-12,14,16,18,24H,4-6,13,15H2,1-3H3/t16-/m1/s1. The lowest BCUT2D eigenvalue weighted by Crippen LogP contribution is -2.42. The van der Waals surface area contributed by atoms with Crippen LogP contribution in [0, 0.1) is 5.92 Å². The van der Waals surface area contributed by atoms with Gasteiger partial charge in [0.2, 0.25) is 15.9 Å². The van der Waals surface area contributed by atoms with Crippen LogP contribution in [-0.4, -0.2) is 34.5 Å². The van der Waals surface area contributed by atoms with Crippen LogP contribution in [0.15, 0.2) is 47.4 Å². The van der Waals surface area contributed by atoms with Crippen molar-refractivity contribution in [2.45, 2.75) is 50.1 Å². The van der Waals surface area contributed by atoms with E-state index in [4.69, 9.17) is 0 Å². The van der Waals surface area contributed by atoms with Crippen LogP contribution >= 0.6 is 0 Å². The van der Waals surface area contributed by atoms with Gasteiger partial charge in [0.05, 0.1) is 4.90 Å². The molecule has 1 N–H and O–H groups in total. The van der Waals surface area contributed by atoms with Gasteiger partial charge in [-0.25, -0.2) is 13.1 Å². The van der Waals surface area contributed by atoms with Crippen LogP contribution in [-0.2, 0) is 27.8 Å². The van der Waals surface area contributed by atoms with Crippen molar-refractivity contribution in [2.75, 3.05) is 23.9 Å². The molecule has 4 rings (SSSR count). The van der Waals surface area contributed by atoms with Crippen LogP contribution in [0.1, 0.15) is 37.3 Å². The summed E-state index contributed by atoms with van der Waals surface area (Å²) in [6, 6.07) is 13.0. The van der Waals surface area contributed by atoms with E-state index in [0.717, 1.165) is 41.8 Å². The van der Waals surface area contributed by atoms with Crippen molar-refractivity contribution < 1.29 is 13.2 Å². The van der Waals surface area contributed by atoms with Crippen LogP contribution in [0.3, 0.4) is 0 Å². The second-order valence-corrected chi connectivity index (χ2v) is 10.3. The zero-order valence-electron chi connectivity index (χ0n) is 17.8. The number of sulfonamides is 1. The molecule has 0 radical (unpaired) electrons. The first-order chi connectivity index (χ1) is 14.3. The molecule has 1 saturated carbocycles. The maximum Gasteiger partial charge on any atom is 0.240 e. The van der Waals surface area contributed by atoms with Crippen molar-refractivity contribution in [1.29, 1.82) is 0 Å². The summed E-state index contributed by atoms with van der Waals surface area (Å²) in [6.45, 7) is 2.26. The predicted octanol–water partition coefficient (Wildman–Crippen LogP) is 3.31. The Balaban J connectivity index is 1.49. The number of amides is 1. The number of nitrogens with zero attached hydrogens (tertiary/aromatic N) is 2. The molecule has 1 aliphatic carbocycles. The molecule has 1 atom stereocenters. The van der Waals surface area contributed by atoms with Gasteiger partial charge in [-0.15, -0.1) is 0 Å². The SMILES string of the molecule is C[C@@H]1Cc2cc(S(=O)(=O)NCc3ccc(N(C)C)cc3)ccc2N1C(=O)C1CCC1. The highest BCUT2D eigenvalue weighted by molar-refractivity contribution is 7.89. The van der Waals surface area contributed by atoms with E-state index in [-0.39, 0.29) is 29.3 Å². The van der Waals surface area contributed by atoms with E-state index in [0.29, 0.717) is 6.42 Å². The van der Waals surface area contributed by atoms with Gasteiger partial charge in [-0.1, -0.05) is 18.6 Å². The number of fused-ring (bicyclic) bond motifs is 1. The van der Waals surface area contributed by atoms with Gasteiger partial charge in [-0.05, 0) is 67.6 Å². The molecule has 6 nitrogen and oxygen atoms in total. The molecule has 0 saturated heterocycles. The van der Waals surface area contributed by atoms with Crippen molar-refractivity contribution in [1.82, 2.24) is 4.72 Å². The van der Waals surface area contributed by atoms with Crippen molar-refractivity contribution in [3.63, 3.8) is 0 Å².